The topological polar surface area (TPSA) is 87.2 Å². The molecule has 1 aromatic rings. The first-order valence-electron chi connectivity index (χ1n) is 4.24. The van der Waals surface area contributed by atoms with Crippen LogP contribution in [0.2, 0.25) is 0 Å². The number of carboxylic acids is 1. The first-order chi connectivity index (χ1) is 7.00. The first kappa shape index (κ1) is 9.39. The highest BCUT2D eigenvalue weighted by molar-refractivity contribution is 6.57. The van der Waals surface area contributed by atoms with E-state index >= 15 is 0 Å². The Balaban J connectivity index is 2.86. The smallest absolute Gasteiger partial charge is 0.352 e. The van der Waals surface area contributed by atoms with Gasteiger partial charge in [-0.25, -0.2) is 4.79 Å². The number of fused-ring (bicyclic) bond motifs is 1. The molecule has 5 nitrogen and oxygen atoms in total. The highest BCUT2D eigenvalue weighted by Crippen LogP contribution is 1.98. The van der Waals surface area contributed by atoms with Crippen LogP contribution in [0.15, 0.2) is 0 Å². The molecule has 5 heteroatoms. The second-order valence-corrected chi connectivity index (χ2v) is 3.27. The van der Waals surface area contributed by atoms with E-state index in [0.29, 0.717) is 16.1 Å². The number of rotatable bonds is 1. The number of nitrogens with one attached hydrogen (secondary N) is 1. The summed E-state index contributed by atoms with van der Waals surface area (Å²) in [5, 5.41) is 9.68. The maximum atomic E-state index is 11.1. The molecule has 1 aliphatic carbocycles. The van der Waals surface area contributed by atoms with Crippen molar-refractivity contribution in [2.45, 2.75) is 6.92 Å². The number of aromatic amines is 1. The summed E-state index contributed by atoms with van der Waals surface area (Å²) in [5.74, 6) is -2.37. The van der Waals surface area contributed by atoms with Crippen molar-refractivity contribution in [2.24, 2.45) is 0 Å². The summed E-state index contributed by atoms with van der Waals surface area (Å²) in [6.07, 6.45) is 2.28. The Bertz CT molecular complexity index is 606. The average Bonchev–Trinajstić information content (AvgIpc) is 2.46. The molecule has 0 saturated carbocycles. The van der Waals surface area contributed by atoms with Gasteiger partial charge in [-0.15, -0.1) is 0 Å². The predicted molar refractivity (Wildman–Crippen MR) is 50.7 cm³/mol. The third-order valence-corrected chi connectivity index (χ3v) is 2.34. The maximum Gasteiger partial charge on any atom is 0.352 e. The van der Waals surface area contributed by atoms with E-state index in [1.807, 2.05) is 0 Å². The van der Waals surface area contributed by atoms with E-state index < -0.39 is 17.5 Å². The van der Waals surface area contributed by atoms with Gasteiger partial charge in [-0.1, -0.05) is 0 Å². The van der Waals surface area contributed by atoms with E-state index in [2.05, 4.69) is 4.98 Å². The normalized spacial score (nSPS) is 14.2. The molecule has 0 aliphatic heterocycles. The zero-order chi connectivity index (χ0) is 11.2. The van der Waals surface area contributed by atoms with Crippen LogP contribution < -0.4 is 10.6 Å². The zero-order valence-electron chi connectivity index (χ0n) is 7.83. The van der Waals surface area contributed by atoms with Gasteiger partial charge in [-0.3, -0.25) is 9.59 Å². The Morgan fingerprint density at radius 3 is 2.47 bits per heavy atom. The molecule has 0 saturated heterocycles. The molecular weight excluding hydrogens is 198 g/mol. The van der Waals surface area contributed by atoms with Gasteiger partial charge in [-0.2, -0.15) is 0 Å². The number of H-pyrrole nitrogens is 1. The van der Waals surface area contributed by atoms with E-state index in [9.17, 15) is 14.4 Å². The van der Waals surface area contributed by atoms with E-state index in [1.54, 1.807) is 6.92 Å². The van der Waals surface area contributed by atoms with E-state index in [4.69, 9.17) is 5.11 Å². The molecule has 0 aromatic carbocycles. The Labute approximate surface area is 83.7 Å². The number of aromatic carboxylic acids is 1. The second kappa shape index (κ2) is 2.91. The molecule has 1 heterocycles. The molecule has 1 aliphatic rings. The standard InChI is InChI=1S/C10H7NO4/c1-4-5-2-7(12)8(13)3-6(5)11-9(4)10(14)15/h2-3,11H,1H3,(H,14,15). The highest BCUT2D eigenvalue weighted by atomic mass is 16.4. The SMILES string of the molecule is Cc1c(C(=O)O)[nH]c2c1=CC(=O)C(=O)C=2. The molecule has 0 atom stereocenters. The van der Waals surface area contributed by atoms with Gasteiger partial charge in [0.15, 0.2) is 0 Å². The summed E-state index contributed by atoms with van der Waals surface area (Å²) in [5.41, 5.74) is 0.476. The lowest BCUT2D eigenvalue weighted by Crippen LogP contribution is -2.33. The van der Waals surface area contributed by atoms with Crippen LogP contribution >= 0.6 is 0 Å². The minimum Gasteiger partial charge on any atom is -0.477 e. The lowest BCUT2D eigenvalue weighted by atomic mass is 10.1. The van der Waals surface area contributed by atoms with Crippen LogP contribution in [-0.2, 0) is 9.59 Å². The first-order valence-corrected chi connectivity index (χ1v) is 4.24. The van der Waals surface area contributed by atoms with Gasteiger partial charge >= 0.3 is 5.97 Å². The third kappa shape index (κ3) is 1.28. The number of ketones is 2. The van der Waals surface area contributed by atoms with Crippen molar-refractivity contribution >= 4 is 29.7 Å². The van der Waals surface area contributed by atoms with E-state index in [1.165, 1.54) is 0 Å². The van der Waals surface area contributed by atoms with E-state index in [0.717, 1.165) is 12.2 Å². The molecule has 0 bridgehead atoms. The van der Waals surface area contributed by atoms with Gasteiger partial charge < -0.3 is 10.1 Å². The van der Waals surface area contributed by atoms with Crippen molar-refractivity contribution in [2.75, 3.05) is 0 Å². The predicted octanol–water partition coefficient (Wildman–Crippen LogP) is -1.27. The largest absolute Gasteiger partial charge is 0.477 e. The molecule has 0 fully saturated rings. The van der Waals surface area contributed by atoms with Crippen molar-refractivity contribution in [3.8, 4) is 0 Å². The summed E-state index contributed by atoms with van der Waals surface area (Å²) in [6.45, 7) is 1.59. The van der Waals surface area contributed by atoms with Gasteiger partial charge in [0.25, 0.3) is 0 Å². The quantitative estimate of drug-likeness (QED) is 0.560. The van der Waals surface area contributed by atoms with Crippen LogP contribution in [0.25, 0.3) is 12.2 Å². The third-order valence-electron chi connectivity index (χ3n) is 2.34. The highest BCUT2D eigenvalue weighted by Gasteiger charge is 2.18. The molecule has 0 amide bonds. The lowest BCUT2D eigenvalue weighted by molar-refractivity contribution is -0.129. The molecule has 0 spiro atoms. The molecule has 0 unspecified atom stereocenters. The summed E-state index contributed by atoms with van der Waals surface area (Å²) in [7, 11) is 0. The number of carbonyl (C=O) groups excluding carboxylic acids is 2. The fourth-order valence-corrected chi connectivity index (χ4v) is 1.55. The van der Waals surface area contributed by atoms with Crippen LogP contribution in [-0.4, -0.2) is 27.6 Å². The van der Waals surface area contributed by atoms with Gasteiger partial charge in [-0.05, 0) is 18.6 Å². The summed E-state index contributed by atoms with van der Waals surface area (Å²) in [6, 6.07) is 0. The van der Waals surface area contributed by atoms with Crippen molar-refractivity contribution < 1.29 is 19.5 Å². The Kier molecular flexibility index (Phi) is 1.82. The number of carbonyl (C=O) groups is 3. The minimum absolute atomic E-state index is 0.00926. The summed E-state index contributed by atoms with van der Waals surface area (Å²) < 4.78 is 0. The Morgan fingerprint density at radius 2 is 1.87 bits per heavy atom. The Hall–Kier alpha value is -2.17. The molecule has 0 radical (unpaired) electrons. The molecule has 2 rings (SSSR count). The van der Waals surface area contributed by atoms with Crippen molar-refractivity contribution in [3.63, 3.8) is 0 Å². The van der Waals surface area contributed by atoms with Gasteiger partial charge in [0, 0.05) is 11.3 Å². The van der Waals surface area contributed by atoms with Crippen molar-refractivity contribution in [1.29, 1.82) is 0 Å². The van der Waals surface area contributed by atoms with Crippen LogP contribution in [0.5, 0.6) is 0 Å². The van der Waals surface area contributed by atoms with Gasteiger partial charge in [0.2, 0.25) is 11.6 Å². The van der Waals surface area contributed by atoms with Crippen LogP contribution in [0.4, 0.5) is 0 Å². The second-order valence-electron chi connectivity index (χ2n) is 3.27. The monoisotopic (exact) mass is 205 g/mol. The average molecular weight is 205 g/mol. The number of aromatic nitrogens is 1. The van der Waals surface area contributed by atoms with Crippen molar-refractivity contribution in [3.05, 3.63) is 21.8 Å². The minimum atomic E-state index is -1.11. The lowest BCUT2D eigenvalue weighted by Gasteiger charge is -1.92. The van der Waals surface area contributed by atoms with Crippen LogP contribution in [0.1, 0.15) is 16.1 Å². The molecule has 15 heavy (non-hydrogen) atoms. The molecule has 2 N–H and O–H groups in total. The van der Waals surface area contributed by atoms with Crippen LogP contribution in [0, 0.1) is 6.92 Å². The fourth-order valence-electron chi connectivity index (χ4n) is 1.55. The Morgan fingerprint density at radius 1 is 1.27 bits per heavy atom. The van der Waals surface area contributed by atoms with Gasteiger partial charge in [0.1, 0.15) is 5.69 Å². The number of carboxylic acid groups (broad SMARTS) is 1. The molecule has 1 aromatic heterocycles. The number of Topliss-reactive ketones (excluding diaryl/α,β-unsaturated/α-hetero) is 2. The van der Waals surface area contributed by atoms with Crippen LogP contribution in [0.3, 0.4) is 0 Å². The number of hydrogen-bond acceptors (Lipinski definition) is 3. The molecular formula is C10H7NO4. The summed E-state index contributed by atoms with van der Waals surface area (Å²) >= 11 is 0. The van der Waals surface area contributed by atoms with E-state index in [-0.39, 0.29) is 5.69 Å². The fraction of sp³-hybridized carbons (Fsp3) is 0.100. The zero-order valence-corrected chi connectivity index (χ0v) is 7.83. The maximum absolute atomic E-state index is 11.1. The van der Waals surface area contributed by atoms with Crippen molar-refractivity contribution in [1.82, 2.24) is 4.98 Å². The summed E-state index contributed by atoms with van der Waals surface area (Å²) in [4.78, 5) is 35.5. The van der Waals surface area contributed by atoms with Gasteiger partial charge in [0.05, 0.1) is 5.35 Å². The number of hydrogen-bond donors (Lipinski definition) is 2. The molecule has 76 valence electrons.